The molecule has 4 rings (SSSR count). The highest BCUT2D eigenvalue weighted by molar-refractivity contribution is 8.00. The van der Waals surface area contributed by atoms with Crippen LogP contribution in [0.4, 0.5) is 0 Å². The summed E-state index contributed by atoms with van der Waals surface area (Å²) < 4.78 is 54.1. The molecule has 0 spiro atoms. The summed E-state index contributed by atoms with van der Waals surface area (Å²) in [5.74, 6) is -31.1. The third-order valence-corrected chi connectivity index (χ3v) is 27.3. The standard InChI is InChI=1S/C92H140N10O36S3/c1-49-17-13-12-14-18-50(2)67(130-9)37-57-22-20-55(7)92(129,138-57)81(116)85(120)102-31-16-15-19-64(102)89(127)135-68(38-65(104)51(3)34-54(6)79(80(132-11)78(115)53(5)33-49)137-77(114)46-141-43-63(84(119)98-40-74(110)111)101-72(107)29-25-60(95)88(125)126)52(4)35-56-21-26-66(69(36-56)131-10)136-90(128)91(8,47-133-75(112)44-139-41-61(82(117)96-30-32-103)99-70(105)27-23-58(93)86(121)122)48-134-76(113)45-140-42-62(83(118)97-39-73(108)109)100-71(106)28-24-59(94)87(123)124/h12-14,17-18,34,49,51-53,55-64,66-69,79-80,103,129H,15-16,19-33,35-48,93-95H2,1-11H3,(H,96,117)(H,97,118)(H,98,119)(H,99,105)(H,100,106)(H,101,107)(H,108,109)(H,110,111)(H,121,122)(H,123,124)(H,125,126)/b14-12+,17-13+,50-18+,54-34+/t49-,51-,52-,53-,55-,56+,57+,58+,59+,60+,61+,62+,63+,64+,66-,67+,68+,69-,79-,80+,91?,92-/m1/s1. The fourth-order valence-corrected chi connectivity index (χ4v) is 18.3. The fraction of sp³-hybridized carbons (Fsp3) is 0.696. The largest absolute Gasteiger partial charge is 0.480 e. The van der Waals surface area contributed by atoms with Gasteiger partial charge in [-0.1, -0.05) is 71.1 Å². The Labute approximate surface area is 829 Å². The summed E-state index contributed by atoms with van der Waals surface area (Å²) in [5, 5.41) is 81.9. The molecule has 3 aliphatic heterocycles. The maximum Gasteiger partial charge on any atom is 0.329 e. The maximum atomic E-state index is 15.3. The van der Waals surface area contributed by atoms with E-state index in [1.807, 2.05) is 19.9 Å². The molecule has 0 aromatic carbocycles. The Kier molecular flexibility index (Phi) is 54.3. The van der Waals surface area contributed by atoms with Gasteiger partial charge in [-0.3, -0.25) is 91.1 Å². The van der Waals surface area contributed by atoms with E-state index in [0.29, 0.717) is 31.0 Å². The number of carbonyl (C=O) groups excluding carboxylic acids is 15. The first-order valence-electron chi connectivity index (χ1n) is 46.4. The van der Waals surface area contributed by atoms with Gasteiger partial charge >= 0.3 is 59.7 Å². The zero-order valence-corrected chi connectivity index (χ0v) is 83.8. The van der Waals surface area contributed by atoms with E-state index in [1.54, 1.807) is 45.1 Å². The van der Waals surface area contributed by atoms with Crippen LogP contribution < -0.4 is 49.1 Å². The molecule has 1 aliphatic carbocycles. The number of carboxylic acid groups (broad SMARTS) is 5. The summed E-state index contributed by atoms with van der Waals surface area (Å²) in [5.41, 5.74) is 15.4. The molecule has 0 radical (unpaired) electrons. The quantitative estimate of drug-likeness (QED) is 0.0166. The minimum atomic E-state index is -2.66. The maximum absolute atomic E-state index is 15.3. The average Bonchev–Trinajstić information content (AvgIpc) is 0.770. The van der Waals surface area contributed by atoms with Crippen molar-refractivity contribution in [3.05, 3.63) is 47.6 Å². The lowest BCUT2D eigenvalue weighted by atomic mass is 9.78. The van der Waals surface area contributed by atoms with E-state index in [0.717, 1.165) is 34.0 Å². The van der Waals surface area contributed by atoms with Gasteiger partial charge in [-0.15, -0.1) is 35.3 Å². The zero-order valence-electron chi connectivity index (χ0n) is 81.3. The van der Waals surface area contributed by atoms with E-state index < -0.39 is 326 Å². The van der Waals surface area contributed by atoms with Crippen molar-refractivity contribution in [2.75, 3.05) is 102 Å². The van der Waals surface area contributed by atoms with Crippen molar-refractivity contribution in [3.63, 3.8) is 0 Å². The average molecular weight is 2060 g/mol. The van der Waals surface area contributed by atoms with Crippen molar-refractivity contribution >= 4 is 154 Å². The van der Waals surface area contributed by atoms with E-state index in [1.165, 1.54) is 48.2 Å². The number of cyclic esters (lactones) is 1. The predicted molar refractivity (Wildman–Crippen MR) is 507 cm³/mol. The van der Waals surface area contributed by atoms with E-state index >= 15 is 9.59 Å². The number of nitrogens with two attached hydrogens (primary N) is 3. The molecule has 0 aromatic heterocycles. The summed E-state index contributed by atoms with van der Waals surface area (Å²) in [6, 6.07) is -10.1. The van der Waals surface area contributed by atoms with Crippen LogP contribution >= 0.6 is 35.3 Å². The van der Waals surface area contributed by atoms with Crippen LogP contribution in [0.1, 0.15) is 171 Å². The van der Waals surface area contributed by atoms with Crippen LogP contribution in [0.15, 0.2) is 47.6 Å². The lowest BCUT2D eigenvalue weighted by Crippen LogP contribution is -2.61. The van der Waals surface area contributed by atoms with Crippen LogP contribution in [0.3, 0.4) is 0 Å². The number of Topliss-reactive ketones (excluding diaryl/α,β-unsaturated/α-hetero) is 3. The van der Waals surface area contributed by atoms with Crippen molar-refractivity contribution in [2.45, 2.75) is 262 Å². The lowest BCUT2D eigenvalue weighted by Gasteiger charge is -2.42. The third-order valence-electron chi connectivity index (χ3n) is 24.2. The van der Waals surface area contributed by atoms with Gasteiger partial charge in [0.15, 0.2) is 18.0 Å². The molecule has 1 saturated carbocycles. The second-order valence-electron chi connectivity index (χ2n) is 35.9. The monoisotopic (exact) mass is 2060 g/mol. The molecule has 0 aromatic rings. The second kappa shape index (κ2) is 62.3. The number of ether oxygens (including phenoxy) is 9. The highest BCUT2D eigenvalue weighted by atomic mass is 32.2. The number of piperidine rings is 1. The van der Waals surface area contributed by atoms with Gasteiger partial charge in [0.2, 0.25) is 41.2 Å². The molecule has 7 amide bonds. The number of esters is 5. The number of nitrogens with one attached hydrogen (secondary N) is 6. The molecular formula is C92H140N10O36S3. The SMILES string of the molecule is CO[C@H]1C[C@@H]2CC[C@@H](C)[C@@](O)(O2)C(=O)C(=O)N2CCCC[C@H]2C(=O)O[C@H]([C@H](C)C[C@@H]2CC[C@@H](OC(=O)C(C)(COC(=O)CSC[C@H](NC(=O)CC[C@H](N)C(=O)O)C(=O)NCCO)COC(=O)CSC[C@H](NC(=O)CC[C@H](N)C(=O)O)C(=O)NCC(=O)O)[C@H](OC)C2)CC(=O)[C@H](C)/C=C(\C)[C@@H](OC(=O)CSC[C@H](NC(=O)CC[C@H](N)C(=O)O)C(=O)NCC(=O)O)[C@@H](OC)C(=O)[C@H](C)C[C@H](C)/C=C/C=C/C=C/1C. The van der Waals surface area contributed by atoms with Gasteiger partial charge in [0, 0.05) is 102 Å². The van der Waals surface area contributed by atoms with Crippen molar-refractivity contribution in [1.29, 1.82) is 0 Å². The van der Waals surface area contributed by atoms with Gasteiger partial charge in [0.05, 0.1) is 42.2 Å². The van der Waals surface area contributed by atoms with Crippen molar-refractivity contribution in [3.8, 4) is 0 Å². The van der Waals surface area contributed by atoms with Crippen LogP contribution in [0.2, 0.25) is 0 Å². The molecule has 4 aliphatic rings. The van der Waals surface area contributed by atoms with Crippen LogP contribution in [0.25, 0.3) is 0 Å². The number of allylic oxidation sites excluding steroid dienone is 6. The zero-order chi connectivity index (χ0) is 106. The normalized spacial score (nSPS) is 26.2. The van der Waals surface area contributed by atoms with Gasteiger partial charge in [0.25, 0.3) is 11.7 Å². The first kappa shape index (κ1) is 123. The molecule has 1 unspecified atom stereocenters. The number of carboxylic acids is 5. The molecule has 49 heteroatoms. The molecular weight excluding hydrogens is 1920 g/mol. The second-order valence-corrected chi connectivity index (χ2v) is 39.0. The summed E-state index contributed by atoms with van der Waals surface area (Å²) in [6.07, 6.45) is 1.51. The van der Waals surface area contributed by atoms with Gasteiger partial charge in [-0.2, -0.15) is 0 Å². The number of ketones is 3. The number of nitrogens with zero attached hydrogens (tertiary/aromatic N) is 1. The van der Waals surface area contributed by atoms with Crippen molar-refractivity contribution < 1.29 is 174 Å². The number of aliphatic hydroxyl groups is 2. The van der Waals surface area contributed by atoms with Crippen molar-refractivity contribution in [1.82, 2.24) is 36.8 Å². The topological polar surface area (TPSA) is 720 Å². The minimum absolute atomic E-state index is 0.0289. The molecule has 792 valence electrons. The molecule has 22 atom stereocenters. The number of fused-ring (bicyclic) bond motifs is 3. The van der Waals surface area contributed by atoms with Crippen LogP contribution in [0, 0.1) is 40.9 Å². The summed E-state index contributed by atoms with van der Waals surface area (Å²) in [4.78, 5) is 268. The molecule has 3 fully saturated rings. The van der Waals surface area contributed by atoms with Gasteiger partial charge in [0.1, 0.15) is 92.0 Å². The number of amides is 7. The Morgan fingerprint density at radius 3 is 1.59 bits per heavy atom. The number of hydrogen-bond donors (Lipinski definition) is 16. The minimum Gasteiger partial charge on any atom is -0.480 e. The van der Waals surface area contributed by atoms with Crippen LogP contribution in [0.5, 0.6) is 0 Å². The summed E-state index contributed by atoms with van der Waals surface area (Å²) in [6.45, 7) is 8.38. The Bertz CT molecular complexity index is 4440. The fourth-order valence-electron chi connectivity index (χ4n) is 15.8. The number of methoxy groups -OCH3 is 3. The first-order valence-corrected chi connectivity index (χ1v) is 49.9. The number of rotatable bonds is 49. The molecule has 2 bridgehead atoms. The molecule has 2 saturated heterocycles. The van der Waals surface area contributed by atoms with Crippen molar-refractivity contribution in [2.24, 2.45) is 58.1 Å². The Morgan fingerprint density at radius 1 is 0.596 bits per heavy atom. The number of aliphatic carboxylic acids is 5. The first-order chi connectivity index (χ1) is 66.4. The van der Waals surface area contributed by atoms with Gasteiger partial charge in [-0.25, -0.2) is 4.79 Å². The Morgan fingerprint density at radius 2 is 1.11 bits per heavy atom. The molecule has 141 heavy (non-hydrogen) atoms. The predicted octanol–water partition coefficient (Wildman–Crippen LogP) is 0.116. The number of hydrogen-bond acceptors (Lipinski definition) is 37. The number of thioether (sulfide) groups is 3. The van der Waals surface area contributed by atoms with E-state index in [2.05, 4.69) is 31.9 Å². The summed E-state index contributed by atoms with van der Waals surface area (Å²) in [7, 11) is 4.01. The Hall–Kier alpha value is -10.4. The lowest BCUT2D eigenvalue weighted by molar-refractivity contribution is -0.265. The Balaban J connectivity index is 1.80. The van der Waals surface area contributed by atoms with E-state index in [-0.39, 0.29) is 107 Å². The molecule has 46 nitrogen and oxygen atoms in total. The number of carbonyl (C=O) groups is 20. The van der Waals surface area contributed by atoms with E-state index in [4.69, 9.17) is 59.8 Å². The highest BCUT2D eigenvalue weighted by Crippen LogP contribution is 2.40. The van der Waals surface area contributed by atoms with Gasteiger partial charge < -0.3 is 132 Å². The molecule has 3 heterocycles. The van der Waals surface area contributed by atoms with Crippen LogP contribution in [-0.2, 0) is 139 Å². The van der Waals surface area contributed by atoms with Gasteiger partial charge in [-0.05, 0) is 133 Å². The van der Waals surface area contributed by atoms with Crippen LogP contribution in [-0.4, -0.2) is 352 Å². The third kappa shape index (κ3) is 42.6. The highest BCUT2D eigenvalue weighted by Gasteiger charge is 2.54. The molecule has 19 N–H and O–H groups in total. The number of aliphatic hydroxyl groups excluding tert-OH is 1. The summed E-state index contributed by atoms with van der Waals surface area (Å²) >= 11 is 2.22. The smallest absolute Gasteiger partial charge is 0.329 e. The van der Waals surface area contributed by atoms with E-state index in [9.17, 15) is 122 Å².